The molecule has 0 fully saturated rings. The Bertz CT molecular complexity index is 1230. The molecule has 1 aliphatic heterocycles. The van der Waals surface area contributed by atoms with E-state index in [9.17, 15) is 8.78 Å². The fraction of sp³-hybridized carbons (Fsp3) is 0.333. The molecular weight excluding hydrogens is 458 g/mol. The van der Waals surface area contributed by atoms with Crippen LogP contribution in [0.15, 0.2) is 50.5 Å². The number of rotatable bonds is 4. The molecule has 7 nitrogen and oxygen atoms in total. The van der Waals surface area contributed by atoms with Crippen LogP contribution in [0.1, 0.15) is 19.4 Å². The van der Waals surface area contributed by atoms with Gasteiger partial charge in [-0.15, -0.1) is 0 Å². The topological polar surface area (TPSA) is 103 Å². The van der Waals surface area contributed by atoms with Crippen molar-refractivity contribution in [1.82, 2.24) is 15.1 Å². The van der Waals surface area contributed by atoms with E-state index in [1.165, 1.54) is 30.6 Å². The van der Waals surface area contributed by atoms with E-state index in [0.29, 0.717) is 27.9 Å². The first kappa shape index (κ1) is 22.5. The van der Waals surface area contributed by atoms with Gasteiger partial charge in [0.25, 0.3) is 0 Å². The molecule has 168 valence electrons. The summed E-state index contributed by atoms with van der Waals surface area (Å²) in [5.74, 6) is 0.563. The second kappa shape index (κ2) is 8.32. The van der Waals surface area contributed by atoms with Crippen molar-refractivity contribution in [3.05, 3.63) is 53.1 Å². The van der Waals surface area contributed by atoms with E-state index in [0.717, 1.165) is 0 Å². The number of hydrogen-bond donors (Lipinski definition) is 1. The Balaban J connectivity index is 1.78. The Hall–Kier alpha value is -2.72. The van der Waals surface area contributed by atoms with Crippen LogP contribution >= 0.6 is 11.6 Å². The van der Waals surface area contributed by atoms with Crippen molar-refractivity contribution in [2.24, 2.45) is 15.1 Å². The van der Waals surface area contributed by atoms with Crippen LogP contribution in [-0.4, -0.2) is 45.2 Å². The maximum Gasteiger partial charge on any atom is 0.181 e. The van der Waals surface area contributed by atoms with Gasteiger partial charge in [-0.2, -0.15) is 0 Å². The van der Waals surface area contributed by atoms with Crippen molar-refractivity contribution >= 4 is 28.1 Å². The van der Waals surface area contributed by atoms with Crippen molar-refractivity contribution in [2.45, 2.75) is 24.1 Å². The highest BCUT2D eigenvalue weighted by Crippen LogP contribution is 2.39. The Labute approximate surface area is 191 Å². The quantitative estimate of drug-likeness (QED) is 0.601. The molecule has 32 heavy (non-hydrogen) atoms. The number of benzene rings is 1. The summed E-state index contributed by atoms with van der Waals surface area (Å²) in [6.45, 7) is 2.90. The smallest absolute Gasteiger partial charge is 0.181 e. The molecule has 2 aromatic heterocycles. The van der Waals surface area contributed by atoms with Crippen molar-refractivity contribution in [1.29, 1.82) is 0 Å². The van der Waals surface area contributed by atoms with E-state index in [-0.39, 0.29) is 17.2 Å². The van der Waals surface area contributed by atoms with Crippen molar-refractivity contribution in [3.8, 4) is 22.8 Å². The molecule has 1 aliphatic rings. The zero-order chi connectivity index (χ0) is 23.1. The van der Waals surface area contributed by atoms with Crippen LogP contribution in [-0.2, 0) is 16.2 Å². The lowest BCUT2D eigenvalue weighted by Crippen LogP contribution is -2.53. The molecule has 0 bridgehead atoms. The SMILES string of the molecule is C/N=S1/C[C@@](CF)(c2cc(-c3cc(-c4ncc(Cl)cn4)no3)ccc2F)N=C(N)C1(C)C. The lowest BCUT2D eigenvalue weighted by molar-refractivity contribution is 0.329. The summed E-state index contributed by atoms with van der Waals surface area (Å²) in [7, 11) is 1.02. The van der Waals surface area contributed by atoms with Crippen LogP contribution in [0.5, 0.6) is 0 Å². The second-order valence-corrected chi connectivity index (χ2v) is 10.7. The van der Waals surface area contributed by atoms with Gasteiger partial charge in [-0.1, -0.05) is 27.4 Å². The van der Waals surface area contributed by atoms with Crippen LogP contribution in [0.3, 0.4) is 0 Å². The van der Waals surface area contributed by atoms with Gasteiger partial charge in [0.2, 0.25) is 0 Å². The van der Waals surface area contributed by atoms with E-state index in [4.69, 9.17) is 21.9 Å². The minimum absolute atomic E-state index is 0.0952. The summed E-state index contributed by atoms with van der Waals surface area (Å²) < 4.78 is 38.8. The molecular formula is C21H21ClF2N6OS. The zero-order valence-electron chi connectivity index (χ0n) is 17.6. The minimum Gasteiger partial charge on any atom is -0.386 e. The van der Waals surface area contributed by atoms with Crippen LogP contribution in [0, 0.1) is 5.82 Å². The van der Waals surface area contributed by atoms with Crippen molar-refractivity contribution in [2.75, 3.05) is 19.5 Å². The maximum atomic E-state index is 15.0. The fourth-order valence-corrected chi connectivity index (χ4v) is 5.57. The summed E-state index contributed by atoms with van der Waals surface area (Å²) in [4.78, 5) is 12.7. The predicted octanol–water partition coefficient (Wildman–Crippen LogP) is 4.34. The molecule has 3 heterocycles. The first-order valence-corrected chi connectivity index (χ1v) is 11.4. The standard InChI is InChI=1S/C21H21ClF2N6OS/c1-20(2)19(25)29-21(10-23,11-32(20)26-3)14-6-12(4-5-15(14)24)17-7-16(30-31-17)18-27-8-13(22)9-28-18/h4-9H,10-11H2,1-3H3,(H2,25,29)/t21-,32?/m0/s1. The largest absolute Gasteiger partial charge is 0.386 e. The number of hydrogen-bond acceptors (Lipinski definition) is 7. The fourth-order valence-electron chi connectivity index (χ4n) is 3.49. The molecule has 0 saturated carbocycles. The first-order valence-electron chi connectivity index (χ1n) is 9.68. The molecule has 0 amide bonds. The minimum atomic E-state index is -1.47. The molecule has 0 spiro atoms. The first-order chi connectivity index (χ1) is 15.2. The average Bonchev–Trinajstić information content (AvgIpc) is 3.27. The van der Waals surface area contributed by atoms with Gasteiger partial charge in [0, 0.05) is 42.4 Å². The number of alkyl halides is 1. The van der Waals surface area contributed by atoms with E-state index >= 15 is 0 Å². The molecule has 4 rings (SSSR count). The lowest BCUT2D eigenvalue weighted by atomic mass is 9.90. The summed E-state index contributed by atoms with van der Waals surface area (Å²) in [5.41, 5.74) is 5.72. The van der Waals surface area contributed by atoms with Gasteiger partial charge in [-0.05, 0) is 32.0 Å². The van der Waals surface area contributed by atoms with E-state index in [1.807, 2.05) is 13.8 Å². The average molecular weight is 479 g/mol. The highest BCUT2D eigenvalue weighted by Gasteiger charge is 2.45. The second-order valence-electron chi connectivity index (χ2n) is 7.86. The number of nitrogens with two attached hydrogens (primary N) is 1. The number of amidine groups is 1. The third-order valence-electron chi connectivity index (χ3n) is 5.47. The molecule has 3 aromatic rings. The predicted molar refractivity (Wildman–Crippen MR) is 122 cm³/mol. The summed E-state index contributed by atoms with van der Waals surface area (Å²) in [5, 5.41) is 4.37. The molecule has 1 aromatic carbocycles. The molecule has 2 N–H and O–H groups in total. The summed E-state index contributed by atoms with van der Waals surface area (Å²) in [6.07, 6.45) is 2.89. The van der Waals surface area contributed by atoms with Gasteiger partial charge in [0.1, 0.15) is 23.9 Å². The van der Waals surface area contributed by atoms with Gasteiger partial charge in [-0.3, -0.25) is 9.36 Å². The van der Waals surface area contributed by atoms with Gasteiger partial charge in [0.05, 0.1) is 9.77 Å². The lowest BCUT2D eigenvalue weighted by Gasteiger charge is -2.40. The number of aliphatic imine (C=N–C) groups is 1. The zero-order valence-corrected chi connectivity index (χ0v) is 19.2. The molecule has 11 heteroatoms. The van der Waals surface area contributed by atoms with Crippen LogP contribution in [0.2, 0.25) is 5.02 Å². The van der Waals surface area contributed by atoms with Gasteiger partial charge in [0.15, 0.2) is 17.3 Å². The number of halogens is 3. The summed E-state index contributed by atoms with van der Waals surface area (Å²) in [6, 6.07) is 5.93. The Morgan fingerprint density at radius 1 is 1.25 bits per heavy atom. The third-order valence-corrected chi connectivity index (χ3v) is 8.24. The number of nitrogens with zero attached hydrogens (tertiary/aromatic N) is 5. The normalized spacial score (nSPS) is 22.7. The van der Waals surface area contributed by atoms with E-state index < -0.39 is 33.5 Å². The van der Waals surface area contributed by atoms with Gasteiger partial charge >= 0.3 is 0 Å². The molecule has 2 atom stereocenters. The van der Waals surface area contributed by atoms with E-state index in [1.54, 1.807) is 13.1 Å². The number of aromatic nitrogens is 3. The Kier molecular flexibility index (Phi) is 5.85. The highest BCUT2D eigenvalue weighted by atomic mass is 35.5. The Morgan fingerprint density at radius 2 is 1.97 bits per heavy atom. The van der Waals surface area contributed by atoms with Gasteiger partial charge in [-0.25, -0.2) is 18.7 Å². The molecule has 0 aliphatic carbocycles. The molecule has 0 saturated heterocycles. The van der Waals surface area contributed by atoms with Crippen molar-refractivity contribution in [3.63, 3.8) is 0 Å². The monoisotopic (exact) mass is 478 g/mol. The van der Waals surface area contributed by atoms with Crippen LogP contribution < -0.4 is 5.73 Å². The Morgan fingerprint density at radius 3 is 2.62 bits per heavy atom. The maximum absolute atomic E-state index is 15.0. The third kappa shape index (κ3) is 3.81. The molecule has 1 unspecified atom stereocenters. The van der Waals surface area contributed by atoms with Gasteiger partial charge < -0.3 is 10.3 Å². The van der Waals surface area contributed by atoms with Crippen LogP contribution in [0.25, 0.3) is 22.8 Å². The summed E-state index contributed by atoms with van der Waals surface area (Å²) >= 11 is 5.82. The highest BCUT2D eigenvalue weighted by molar-refractivity contribution is 7.89. The van der Waals surface area contributed by atoms with Crippen LogP contribution in [0.4, 0.5) is 8.78 Å². The van der Waals surface area contributed by atoms with Crippen molar-refractivity contribution < 1.29 is 13.3 Å². The molecule has 0 radical (unpaired) electrons. The van der Waals surface area contributed by atoms with E-state index in [2.05, 4.69) is 24.5 Å².